The van der Waals surface area contributed by atoms with Crippen molar-refractivity contribution in [2.45, 2.75) is 39.5 Å². The van der Waals surface area contributed by atoms with Gasteiger partial charge in [-0.25, -0.2) is 0 Å². The smallest absolute Gasteiger partial charge is 0.311 e. The van der Waals surface area contributed by atoms with Crippen molar-refractivity contribution in [3.05, 3.63) is 59.7 Å². The van der Waals surface area contributed by atoms with Gasteiger partial charge >= 0.3 is 5.97 Å². The predicted octanol–water partition coefficient (Wildman–Crippen LogP) is 4.75. The molecule has 122 valence electrons. The van der Waals surface area contributed by atoms with Crippen LogP contribution in [0.3, 0.4) is 0 Å². The molecular weight excluding hydrogens is 288 g/mol. The first-order chi connectivity index (χ1) is 11.1. The van der Waals surface area contributed by atoms with Crippen LogP contribution in [0.25, 0.3) is 0 Å². The molecule has 0 saturated heterocycles. The molecule has 2 aromatic carbocycles. The Morgan fingerprint density at radius 2 is 1.74 bits per heavy atom. The zero-order valence-corrected chi connectivity index (χ0v) is 14.0. The van der Waals surface area contributed by atoms with Crippen molar-refractivity contribution in [1.29, 1.82) is 0 Å². The second-order valence-electron chi connectivity index (χ2n) is 5.74. The van der Waals surface area contributed by atoms with E-state index in [0.29, 0.717) is 31.1 Å². The first kappa shape index (κ1) is 17.1. The van der Waals surface area contributed by atoms with Crippen molar-refractivity contribution >= 4 is 5.97 Å². The van der Waals surface area contributed by atoms with Crippen LogP contribution in [-0.4, -0.2) is 12.6 Å². The SMILES string of the molecule is CCOc1ccc(CCC(=O)Oc2ccccc2C(C)C)cc1. The number of ether oxygens (including phenoxy) is 2. The molecule has 0 aliphatic carbocycles. The second-order valence-corrected chi connectivity index (χ2v) is 5.74. The van der Waals surface area contributed by atoms with Gasteiger partial charge in [-0.3, -0.25) is 4.79 Å². The summed E-state index contributed by atoms with van der Waals surface area (Å²) < 4.78 is 10.9. The van der Waals surface area contributed by atoms with E-state index < -0.39 is 0 Å². The fourth-order valence-corrected chi connectivity index (χ4v) is 2.39. The zero-order chi connectivity index (χ0) is 16.7. The molecule has 0 spiro atoms. The van der Waals surface area contributed by atoms with E-state index in [9.17, 15) is 4.79 Å². The molecular formula is C20H24O3. The van der Waals surface area contributed by atoms with Gasteiger partial charge < -0.3 is 9.47 Å². The molecule has 0 aromatic heterocycles. The van der Waals surface area contributed by atoms with E-state index in [-0.39, 0.29) is 5.97 Å². The molecule has 0 heterocycles. The van der Waals surface area contributed by atoms with Crippen molar-refractivity contribution in [2.24, 2.45) is 0 Å². The number of aryl methyl sites for hydroxylation is 1. The van der Waals surface area contributed by atoms with Gasteiger partial charge in [-0.1, -0.05) is 44.2 Å². The van der Waals surface area contributed by atoms with Crippen LogP contribution in [0.2, 0.25) is 0 Å². The maximum Gasteiger partial charge on any atom is 0.311 e. The Balaban J connectivity index is 1.90. The molecule has 2 aromatic rings. The summed E-state index contributed by atoms with van der Waals surface area (Å²) in [6.07, 6.45) is 1.02. The summed E-state index contributed by atoms with van der Waals surface area (Å²) in [5.74, 6) is 1.64. The van der Waals surface area contributed by atoms with Gasteiger partial charge in [0, 0.05) is 6.42 Å². The summed E-state index contributed by atoms with van der Waals surface area (Å²) in [5.41, 5.74) is 2.16. The molecule has 0 aliphatic rings. The minimum Gasteiger partial charge on any atom is -0.494 e. The van der Waals surface area contributed by atoms with Gasteiger partial charge in [-0.2, -0.15) is 0 Å². The largest absolute Gasteiger partial charge is 0.494 e. The molecule has 23 heavy (non-hydrogen) atoms. The van der Waals surface area contributed by atoms with Crippen LogP contribution < -0.4 is 9.47 Å². The van der Waals surface area contributed by atoms with Gasteiger partial charge in [-0.05, 0) is 48.6 Å². The van der Waals surface area contributed by atoms with E-state index in [0.717, 1.165) is 16.9 Å². The van der Waals surface area contributed by atoms with Crippen LogP contribution in [0.1, 0.15) is 44.2 Å². The number of hydrogen-bond donors (Lipinski definition) is 0. The lowest BCUT2D eigenvalue weighted by Crippen LogP contribution is -2.10. The quantitative estimate of drug-likeness (QED) is 0.547. The molecule has 0 aliphatic heterocycles. The molecule has 3 nitrogen and oxygen atoms in total. The summed E-state index contributed by atoms with van der Waals surface area (Å²) >= 11 is 0. The number of hydrogen-bond acceptors (Lipinski definition) is 3. The second kappa shape index (κ2) is 8.37. The van der Waals surface area contributed by atoms with Crippen LogP contribution in [0.5, 0.6) is 11.5 Å². The fourth-order valence-electron chi connectivity index (χ4n) is 2.39. The third kappa shape index (κ3) is 5.13. The number of carbonyl (C=O) groups excluding carboxylic acids is 1. The van der Waals surface area contributed by atoms with Gasteiger partial charge in [-0.15, -0.1) is 0 Å². The van der Waals surface area contributed by atoms with Crippen LogP contribution in [0, 0.1) is 0 Å². The van der Waals surface area contributed by atoms with Crippen LogP contribution in [-0.2, 0) is 11.2 Å². The molecule has 0 radical (unpaired) electrons. The van der Waals surface area contributed by atoms with Crippen molar-refractivity contribution in [3.63, 3.8) is 0 Å². The molecule has 0 atom stereocenters. The predicted molar refractivity (Wildman–Crippen MR) is 92.1 cm³/mol. The molecule has 0 fully saturated rings. The zero-order valence-electron chi connectivity index (χ0n) is 14.0. The highest BCUT2D eigenvalue weighted by atomic mass is 16.5. The van der Waals surface area contributed by atoms with E-state index in [1.54, 1.807) is 0 Å². The Bertz CT molecular complexity index is 630. The van der Waals surface area contributed by atoms with Crippen molar-refractivity contribution in [1.82, 2.24) is 0 Å². The van der Waals surface area contributed by atoms with E-state index in [1.807, 2.05) is 55.5 Å². The third-order valence-electron chi connectivity index (χ3n) is 3.62. The topological polar surface area (TPSA) is 35.5 Å². The van der Waals surface area contributed by atoms with E-state index in [1.165, 1.54) is 0 Å². The highest BCUT2D eigenvalue weighted by Gasteiger charge is 2.11. The minimum atomic E-state index is -0.202. The van der Waals surface area contributed by atoms with Crippen molar-refractivity contribution in [3.8, 4) is 11.5 Å². The van der Waals surface area contributed by atoms with Gasteiger partial charge in [0.25, 0.3) is 0 Å². The van der Waals surface area contributed by atoms with Gasteiger partial charge in [0.2, 0.25) is 0 Å². The number of para-hydroxylation sites is 1. The van der Waals surface area contributed by atoms with Gasteiger partial charge in [0.15, 0.2) is 0 Å². The van der Waals surface area contributed by atoms with E-state index in [2.05, 4.69) is 13.8 Å². The van der Waals surface area contributed by atoms with E-state index in [4.69, 9.17) is 9.47 Å². The monoisotopic (exact) mass is 312 g/mol. The number of carbonyl (C=O) groups is 1. The Kier molecular flexibility index (Phi) is 6.21. The Morgan fingerprint density at radius 3 is 2.39 bits per heavy atom. The molecule has 0 saturated carbocycles. The molecule has 3 heteroatoms. The average Bonchev–Trinajstić information content (AvgIpc) is 2.55. The van der Waals surface area contributed by atoms with Gasteiger partial charge in [0.05, 0.1) is 6.61 Å². The summed E-state index contributed by atoms with van der Waals surface area (Å²) in [6.45, 7) is 6.79. The summed E-state index contributed by atoms with van der Waals surface area (Å²) in [7, 11) is 0. The number of rotatable bonds is 7. The normalized spacial score (nSPS) is 10.6. The number of esters is 1. The highest BCUT2D eigenvalue weighted by molar-refractivity contribution is 5.73. The van der Waals surface area contributed by atoms with Crippen molar-refractivity contribution in [2.75, 3.05) is 6.61 Å². The first-order valence-corrected chi connectivity index (χ1v) is 8.11. The standard InChI is InChI=1S/C20H24O3/c1-4-22-17-12-9-16(10-13-17)11-14-20(21)23-19-8-6-5-7-18(19)15(2)3/h5-10,12-13,15H,4,11,14H2,1-3H3. The lowest BCUT2D eigenvalue weighted by Gasteiger charge is -2.12. The van der Waals surface area contributed by atoms with Crippen molar-refractivity contribution < 1.29 is 14.3 Å². The molecule has 2 rings (SSSR count). The maximum atomic E-state index is 12.1. The van der Waals surface area contributed by atoms with Gasteiger partial charge in [0.1, 0.15) is 11.5 Å². The molecule has 0 unspecified atom stereocenters. The number of benzene rings is 2. The fraction of sp³-hybridized carbons (Fsp3) is 0.350. The van der Waals surface area contributed by atoms with Crippen LogP contribution in [0.15, 0.2) is 48.5 Å². The lowest BCUT2D eigenvalue weighted by molar-refractivity contribution is -0.134. The van der Waals surface area contributed by atoms with E-state index >= 15 is 0 Å². The Labute approximate surface area is 138 Å². The maximum absolute atomic E-state index is 12.1. The summed E-state index contributed by atoms with van der Waals surface area (Å²) in [6, 6.07) is 15.5. The lowest BCUT2D eigenvalue weighted by atomic mass is 10.0. The molecule has 0 bridgehead atoms. The Morgan fingerprint density at radius 1 is 1.04 bits per heavy atom. The molecule has 0 N–H and O–H groups in total. The minimum absolute atomic E-state index is 0.202. The highest BCUT2D eigenvalue weighted by Crippen LogP contribution is 2.26. The third-order valence-corrected chi connectivity index (χ3v) is 3.62. The average molecular weight is 312 g/mol. The van der Waals surface area contributed by atoms with Crippen LogP contribution >= 0.6 is 0 Å². The Hall–Kier alpha value is -2.29. The molecule has 0 amide bonds. The first-order valence-electron chi connectivity index (χ1n) is 8.11. The van der Waals surface area contributed by atoms with Crippen LogP contribution in [0.4, 0.5) is 0 Å². The summed E-state index contributed by atoms with van der Waals surface area (Å²) in [4.78, 5) is 12.1. The summed E-state index contributed by atoms with van der Waals surface area (Å²) in [5, 5.41) is 0.